The second kappa shape index (κ2) is 13.5. The number of carbonyl (C=O) groups excluding carboxylic acids is 1. The predicted molar refractivity (Wildman–Crippen MR) is 175 cm³/mol. The maximum absolute atomic E-state index is 12.7. The number of fused-ring (bicyclic) bond motifs is 1. The number of ether oxygens (including phenoxy) is 2. The van der Waals surface area contributed by atoms with Gasteiger partial charge in [0.1, 0.15) is 28.2 Å². The molecule has 1 amide bonds. The molecule has 0 unspecified atom stereocenters. The van der Waals surface area contributed by atoms with Crippen molar-refractivity contribution < 1.29 is 14.3 Å². The Bertz CT molecular complexity index is 1450. The molecule has 2 fully saturated rings. The predicted octanol–water partition coefficient (Wildman–Crippen LogP) is 5.13. The molecule has 234 valence electrons. The van der Waals surface area contributed by atoms with Crippen LogP contribution in [0.1, 0.15) is 51.5 Å². The first kappa shape index (κ1) is 31.7. The summed E-state index contributed by atoms with van der Waals surface area (Å²) in [6, 6.07) is 8.85. The lowest BCUT2D eigenvalue weighted by Gasteiger charge is -2.37. The molecule has 0 saturated carbocycles. The molecule has 2 aromatic heterocycles. The van der Waals surface area contributed by atoms with Gasteiger partial charge in [0.2, 0.25) is 0 Å². The Kier molecular flexibility index (Phi) is 10.00. The number of nitrogens with zero attached hydrogens (tertiary/aromatic N) is 5. The zero-order valence-electron chi connectivity index (χ0n) is 25.7. The first-order chi connectivity index (χ1) is 20.5. The Balaban J connectivity index is 1.08. The standard InChI is InChI=1S/C31H43BrN6O4S/c1-31(2,3)42-30(40)36(5)24-10-12-37(13-11-24)14-16-41-25-8-6-21(7-9-25)22-18-23(20-35(4)19-22)33-27-26(32)28(39)38-15-17-43-29(38)34-27/h6-9,15,17,22-24,33H,10-14,16,18-20H2,1-5H3/t22-,23+/m0/s1. The quantitative estimate of drug-likeness (QED) is 0.352. The van der Waals surface area contributed by atoms with Gasteiger partial charge in [0, 0.05) is 63.4 Å². The van der Waals surface area contributed by atoms with E-state index in [-0.39, 0.29) is 23.7 Å². The summed E-state index contributed by atoms with van der Waals surface area (Å²) in [6.07, 6.45) is 4.31. The lowest BCUT2D eigenvalue weighted by atomic mass is 9.88. The molecule has 10 nitrogen and oxygen atoms in total. The number of likely N-dealkylation sites (N-methyl/N-ethyl adjacent to an activating group) is 1. The zero-order valence-corrected chi connectivity index (χ0v) is 28.1. The molecule has 0 spiro atoms. The minimum atomic E-state index is -0.480. The van der Waals surface area contributed by atoms with Crippen LogP contribution < -0.4 is 15.6 Å². The molecule has 5 rings (SSSR count). The zero-order chi connectivity index (χ0) is 30.7. The Hall–Kier alpha value is -2.67. The molecule has 43 heavy (non-hydrogen) atoms. The van der Waals surface area contributed by atoms with Crippen molar-refractivity contribution in [3.8, 4) is 5.75 Å². The number of aromatic nitrogens is 2. The largest absolute Gasteiger partial charge is 0.492 e. The number of rotatable bonds is 8. The molecule has 2 aliphatic heterocycles. The van der Waals surface area contributed by atoms with E-state index in [1.165, 1.54) is 16.9 Å². The fraction of sp³-hybridized carbons (Fsp3) is 0.581. The van der Waals surface area contributed by atoms with Crippen LogP contribution in [0.2, 0.25) is 0 Å². The van der Waals surface area contributed by atoms with E-state index < -0.39 is 5.60 Å². The molecule has 2 atom stereocenters. The number of benzene rings is 1. The molecule has 0 radical (unpaired) electrons. The van der Waals surface area contributed by atoms with Crippen molar-refractivity contribution in [1.82, 2.24) is 24.1 Å². The van der Waals surface area contributed by atoms with E-state index >= 15 is 0 Å². The number of anilines is 1. The van der Waals surface area contributed by atoms with Crippen molar-refractivity contribution in [3.05, 3.63) is 56.2 Å². The van der Waals surface area contributed by atoms with Crippen LogP contribution in [-0.2, 0) is 4.74 Å². The van der Waals surface area contributed by atoms with E-state index in [9.17, 15) is 9.59 Å². The van der Waals surface area contributed by atoms with Gasteiger partial charge in [0.05, 0.1) is 0 Å². The van der Waals surface area contributed by atoms with E-state index in [1.807, 2.05) is 33.2 Å². The van der Waals surface area contributed by atoms with Gasteiger partial charge in [-0.2, -0.15) is 0 Å². The number of hydrogen-bond donors (Lipinski definition) is 1. The van der Waals surface area contributed by atoms with Crippen LogP contribution in [0.3, 0.4) is 0 Å². The fourth-order valence-electron chi connectivity index (χ4n) is 5.96. The van der Waals surface area contributed by atoms with Crippen LogP contribution in [0.5, 0.6) is 5.75 Å². The van der Waals surface area contributed by atoms with Gasteiger partial charge < -0.3 is 24.6 Å². The third-order valence-corrected chi connectivity index (χ3v) is 9.67. The van der Waals surface area contributed by atoms with Crippen molar-refractivity contribution in [3.63, 3.8) is 0 Å². The number of likely N-dealkylation sites (tertiary alicyclic amines) is 2. The number of amides is 1. The summed E-state index contributed by atoms with van der Waals surface area (Å²) in [4.78, 5) is 36.9. The third kappa shape index (κ3) is 8.09. The van der Waals surface area contributed by atoms with Crippen LogP contribution in [0.25, 0.3) is 4.96 Å². The number of thiazole rings is 1. The number of nitrogens with one attached hydrogen (secondary N) is 1. The van der Waals surface area contributed by atoms with Gasteiger partial charge in [0.15, 0.2) is 4.96 Å². The summed E-state index contributed by atoms with van der Waals surface area (Å²) in [5, 5.41) is 5.40. The second-order valence-electron chi connectivity index (χ2n) is 12.7. The maximum atomic E-state index is 12.7. The minimum absolute atomic E-state index is 0.0969. The van der Waals surface area contributed by atoms with Crippen molar-refractivity contribution >= 4 is 44.1 Å². The van der Waals surface area contributed by atoms with Crippen molar-refractivity contribution in [2.75, 3.05) is 58.7 Å². The molecule has 4 heterocycles. The number of carbonyl (C=O) groups is 1. The van der Waals surface area contributed by atoms with E-state index in [2.05, 4.69) is 67.3 Å². The smallest absolute Gasteiger partial charge is 0.410 e. The topological polar surface area (TPSA) is 91.7 Å². The summed E-state index contributed by atoms with van der Waals surface area (Å²) in [5.74, 6) is 1.84. The van der Waals surface area contributed by atoms with Crippen molar-refractivity contribution in [1.29, 1.82) is 0 Å². The maximum Gasteiger partial charge on any atom is 0.410 e. The average Bonchev–Trinajstić information content (AvgIpc) is 3.44. The Morgan fingerprint density at radius 3 is 2.60 bits per heavy atom. The highest BCUT2D eigenvalue weighted by Gasteiger charge is 2.29. The Morgan fingerprint density at radius 1 is 1.19 bits per heavy atom. The number of halogens is 1. The SMILES string of the molecule is CN1C[C@H](Nc2nc3sccn3c(=O)c2Br)C[C@H](c2ccc(OCCN3CCC(N(C)C(=O)OC(C)(C)C)CC3)cc2)C1. The van der Waals surface area contributed by atoms with Crippen molar-refractivity contribution in [2.45, 2.75) is 63.6 Å². The van der Waals surface area contributed by atoms with Gasteiger partial charge in [-0.1, -0.05) is 12.1 Å². The van der Waals surface area contributed by atoms with Gasteiger partial charge in [-0.05, 0) is 86.6 Å². The highest BCUT2D eigenvalue weighted by molar-refractivity contribution is 9.10. The van der Waals surface area contributed by atoms with Crippen LogP contribution in [0.15, 0.2) is 45.1 Å². The molecular weight excluding hydrogens is 632 g/mol. The normalized spacial score (nSPS) is 20.7. The van der Waals surface area contributed by atoms with Gasteiger partial charge in [0.25, 0.3) is 5.56 Å². The molecule has 1 aromatic carbocycles. The monoisotopic (exact) mass is 674 g/mol. The first-order valence-electron chi connectivity index (χ1n) is 15.0. The van der Waals surface area contributed by atoms with Crippen LogP contribution in [0.4, 0.5) is 10.6 Å². The van der Waals surface area contributed by atoms with Gasteiger partial charge in [-0.15, -0.1) is 11.3 Å². The van der Waals surface area contributed by atoms with E-state index in [0.29, 0.717) is 27.8 Å². The lowest BCUT2D eigenvalue weighted by molar-refractivity contribution is 0.0147. The molecule has 0 aliphatic carbocycles. The fourth-order valence-corrected chi connectivity index (χ4v) is 7.06. The highest BCUT2D eigenvalue weighted by Crippen LogP contribution is 2.30. The van der Waals surface area contributed by atoms with Crippen LogP contribution >= 0.6 is 27.3 Å². The van der Waals surface area contributed by atoms with Crippen LogP contribution in [-0.4, -0.2) is 101 Å². The third-order valence-electron chi connectivity index (χ3n) is 8.20. The summed E-state index contributed by atoms with van der Waals surface area (Å²) in [5.41, 5.74) is 0.704. The lowest BCUT2D eigenvalue weighted by Crippen LogP contribution is -2.47. The summed E-state index contributed by atoms with van der Waals surface area (Å²) in [7, 11) is 3.98. The summed E-state index contributed by atoms with van der Waals surface area (Å²) < 4.78 is 13.7. The number of piperidine rings is 2. The molecule has 2 aliphatic rings. The van der Waals surface area contributed by atoms with Gasteiger partial charge in [-0.25, -0.2) is 9.78 Å². The molecule has 1 N–H and O–H groups in total. The average molecular weight is 676 g/mol. The number of hydrogen-bond acceptors (Lipinski definition) is 9. The molecule has 2 saturated heterocycles. The minimum Gasteiger partial charge on any atom is -0.492 e. The van der Waals surface area contributed by atoms with Crippen molar-refractivity contribution in [2.24, 2.45) is 0 Å². The van der Waals surface area contributed by atoms with E-state index in [0.717, 1.165) is 57.7 Å². The summed E-state index contributed by atoms with van der Waals surface area (Å²) >= 11 is 4.91. The summed E-state index contributed by atoms with van der Waals surface area (Å²) in [6.45, 7) is 10.9. The van der Waals surface area contributed by atoms with Gasteiger partial charge in [-0.3, -0.25) is 14.1 Å². The Labute approximate surface area is 266 Å². The molecule has 0 bridgehead atoms. The highest BCUT2D eigenvalue weighted by atomic mass is 79.9. The van der Waals surface area contributed by atoms with Gasteiger partial charge >= 0.3 is 6.09 Å². The van der Waals surface area contributed by atoms with E-state index in [4.69, 9.17) is 9.47 Å². The molecule has 3 aromatic rings. The molecular formula is C31H43BrN6O4S. The molecule has 12 heteroatoms. The van der Waals surface area contributed by atoms with Crippen LogP contribution in [0, 0.1) is 0 Å². The Morgan fingerprint density at radius 2 is 1.91 bits per heavy atom. The van der Waals surface area contributed by atoms with E-state index in [1.54, 1.807) is 15.5 Å². The first-order valence-corrected chi connectivity index (χ1v) is 16.7. The second-order valence-corrected chi connectivity index (χ2v) is 14.4.